The van der Waals surface area contributed by atoms with Crippen molar-refractivity contribution in [1.82, 2.24) is 14.9 Å². The maximum Gasteiger partial charge on any atom is 0.268 e. The van der Waals surface area contributed by atoms with Gasteiger partial charge < -0.3 is 10.7 Å². The Morgan fingerprint density at radius 3 is 2.92 bits per heavy atom. The fraction of sp³-hybridized carbons (Fsp3) is 0.235. The van der Waals surface area contributed by atoms with Gasteiger partial charge in [-0.05, 0) is 29.0 Å². The highest BCUT2D eigenvalue weighted by Crippen LogP contribution is 2.24. The molecule has 122 valence electrons. The van der Waals surface area contributed by atoms with E-state index >= 15 is 0 Å². The van der Waals surface area contributed by atoms with Crippen LogP contribution in [0, 0.1) is 0 Å². The number of primary amides is 1. The predicted octanol–water partition coefficient (Wildman–Crippen LogP) is 1.40. The van der Waals surface area contributed by atoms with Crippen LogP contribution in [0.5, 0.6) is 0 Å². The summed E-state index contributed by atoms with van der Waals surface area (Å²) in [5.74, 6) is 0.194. The smallest absolute Gasteiger partial charge is 0.268 e. The van der Waals surface area contributed by atoms with Gasteiger partial charge in [-0.3, -0.25) is 14.5 Å². The van der Waals surface area contributed by atoms with Gasteiger partial charge in [0.2, 0.25) is 5.91 Å². The molecule has 3 N–H and O–H groups in total. The Balaban J connectivity index is 1.68. The molecule has 1 atom stereocenters. The van der Waals surface area contributed by atoms with Crippen molar-refractivity contribution >= 4 is 27.5 Å². The first kappa shape index (κ1) is 15.0. The van der Waals surface area contributed by atoms with Gasteiger partial charge in [0.05, 0.1) is 18.1 Å². The minimum atomic E-state index is -0.400. The van der Waals surface area contributed by atoms with Crippen molar-refractivity contribution in [2.75, 3.05) is 0 Å². The molecule has 0 aliphatic carbocycles. The summed E-state index contributed by atoms with van der Waals surface area (Å²) in [6.45, 7) is 0.984. The molecule has 4 rings (SSSR count). The molecule has 24 heavy (non-hydrogen) atoms. The largest absolute Gasteiger partial charge is 0.368 e. The number of fused-ring (bicyclic) bond motifs is 2. The molecule has 0 bridgehead atoms. The van der Waals surface area contributed by atoms with E-state index < -0.39 is 6.04 Å². The molecule has 3 aromatic rings. The minimum absolute atomic E-state index is 0.141. The van der Waals surface area contributed by atoms with Crippen LogP contribution < -0.4 is 11.3 Å². The molecule has 1 aromatic carbocycles. The average Bonchev–Trinajstić information content (AvgIpc) is 3.03. The third kappa shape index (κ3) is 2.61. The van der Waals surface area contributed by atoms with Crippen LogP contribution in [0.25, 0.3) is 10.2 Å². The number of aromatic amines is 1. The lowest BCUT2D eigenvalue weighted by atomic mass is 9.93. The maximum absolute atomic E-state index is 12.1. The molecule has 6 nitrogen and oxygen atoms in total. The SMILES string of the molecule is NC(=O)C1Cc2ccccc2CN1Cc1nc2ccsc2c(=O)[nH]1. The number of hydrogen-bond acceptors (Lipinski definition) is 5. The number of benzene rings is 1. The molecular weight excluding hydrogens is 324 g/mol. The van der Waals surface area contributed by atoms with Crippen molar-refractivity contribution in [2.24, 2.45) is 5.73 Å². The number of thiophene rings is 1. The zero-order valence-electron chi connectivity index (χ0n) is 12.9. The number of H-pyrrole nitrogens is 1. The number of hydrogen-bond donors (Lipinski definition) is 2. The Morgan fingerprint density at radius 2 is 2.12 bits per heavy atom. The number of nitrogens with two attached hydrogens (primary N) is 1. The standard InChI is InChI=1S/C17H16N4O2S/c18-16(22)13-7-10-3-1-2-4-11(10)8-21(13)9-14-19-12-5-6-24-15(12)17(23)20-14/h1-6,13H,7-9H2,(H2,18,22)(H,19,20,23). The van der Waals surface area contributed by atoms with Crippen LogP contribution in [0.2, 0.25) is 0 Å². The number of carbonyl (C=O) groups excluding carboxylic acids is 1. The fourth-order valence-electron chi connectivity index (χ4n) is 3.21. The number of amides is 1. The van der Waals surface area contributed by atoms with E-state index in [2.05, 4.69) is 16.0 Å². The van der Waals surface area contributed by atoms with Crippen molar-refractivity contribution < 1.29 is 4.79 Å². The van der Waals surface area contributed by atoms with E-state index in [1.807, 2.05) is 34.5 Å². The summed E-state index contributed by atoms with van der Waals surface area (Å²) in [4.78, 5) is 33.3. The summed E-state index contributed by atoms with van der Waals surface area (Å²) in [6, 6.07) is 9.46. The zero-order valence-corrected chi connectivity index (χ0v) is 13.7. The highest BCUT2D eigenvalue weighted by atomic mass is 32.1. The van der Waals surface area contributed by atoms with Gasteiger partial charge in [-0.1, -0.05) is 24.3 Å². The second-order valence-electron chi connectivity index (χ2n) is 5.94. The molecule has 7 heteroatoms. The number of rotatable bonds is 3. The molecule has 0 saturated carbocycles. The van der Waals surface area contributed by atoms with E-state index in [1.165, 1.54) is 16.9 Å². The second-order valence-corrected chi connectivity index (χ2v) is 6.86. The number of carbonyl (C=O) groups is 1. The van der Waals surface area contributed by atoms with E-state index in [-0.39, 0.29) is 11.5 Å². The van der Waals surface area contributed by atoms with Gasteiger partial charge in [0.15, 0.2) is 0 Å². The summed E-state index contributed by atoms with van der Waals surface area (Å²) in [5, 5.41) is 1.85. The lowest BCUT2D eigenvalue weighted by Gasteiger charge is -2.34. The van der Waals surface area contributed by atoms with E-state index in [9.17, 15) is 9.59 Å². The average molecular weight is 340 g/mol. The Labute approximate surface area is 141 Å². The minimum Gasteiger partial charge on any atom is -0.368 e. The van der Waals surface area contributed by atoms with E-state index in [0.717, 1.165) is 5.56 Å². The molecule has 0 saturated heterocycles. The van der Waals surface area contributed by atoms with Gasteiger partial charge in [-0.25, -0.2) is 4.98 Å². The first-order valence-corrected chi connectivity index (χ1v) is 8.56. The number of aromatic nitrogens is 2. The number of nitrogens with one attached hydrogen (secondary N) is 1. The second kappa shape index (κ2) is 5.85. The zero-order chi connectivity index (χ0) is 16.7. The lowest BCUT2D eigenvalue weighted by molar-refractivity contribution is -0.124. The first-order chi connectivity index (χ1) is 11.6. The van der Waals surface area contributed by atoms with Crippen LogP contribution in [-0.2, 0) is 24.3 Å². The molecular formula is C17H16N4O2S. The third-order valence-electron chi connectivity index (χ3n) is 4.39. The molecule has 1 unspecified atom stereocenters. The Kier molecular flexibility index (Phi) is 3.66. The first-order valence-electron chi connectivity index (χ1n) is 7.68. The lowest BCUT2D eigenvalue weighted by Crippen LogP contribution is -2.48. The molecule has 3 heterocycles. The van der Waals surface area contributed by atoms with E-state index in [1.54, 1.807) is 0 Å². The van der Waals surface area contributed by atoms with Crippen LogP contribution in [0.1, 0.15) is 17.0 Å². The maximum atomic E-state index is 12.1. The Morgan fingerprint density at radius 1 is 1.33 bits per heavy atom. The van der Waals surface area contributed by atoms with Crippen molar-refractivity contribution in [3.05, 3.63) is 63.0 Å². The van der Waals surface area contributed by atoms with E-state index in [0.29, 0.717) is 35.6 Å². The predicted molar refractivity (Wildman–Crippen MR) is 92.6 cm³/mol. The van der Waals surface area contributed by atoms with Crippen LogP contribution in [0.15, 0.2) is 40.5 Å². The molecule has 0 fully saturated rings. The highest BCUT2D eigenvalue weighted by Gasteiger charge is 2.30. The van der Waals surface area contributed by atoms with Gasteiger partial charge in [0, 0.05) is 6.54 Å². The van der Waals surface area contributed by atoms with Crippen molar-refractivity contribution in [1.29, 1.82) is 0 Å². The topological polar surface area (TPSA) is 92.1 Å². The Hall–Kier alpha value is -2.51. The summed E-state index contributed by atoms with van der Waals surface area (Å²) < 4.78 is 0.620. The Bertz CT molecular complexity index is 978. The van der Waals surface area contributed by atoms with Crippen LogP contribution in [-0.4, -0.2) is 26.8 Å². The van der Waals surface area contributed by atoms with Gasteiger partial charge in [0.1, 0.15) is 10.5 Å². The monoisotopic (exact) mass is 340 g/mol. The third-order valence-corrected chi connectivity index (χ3v) is 5.29. The number of nitrogens with zero attached hydrogens (tertiary/aromatic N) is 2. The van der Waals surface area contributed by atoms with Gasteiger partial charge in [-0.2, -0.15) is 0 Å². The summed E-state index contributed by atoms with van der Waals surface area (Å²) in [7, 11) is 0. The summed E-state index contributed by atoms with van der Waals surface area (Å²) in [6.07, 6.45) is 0.580. The van der Waals surface area contributed by atoms with Crippen molar-refractivity contribution in [2.45, 2.75) is 25.6 Å². The van der Waals surface area contributed by atoms with E-state index in [4.69, 9.17) is 5.73 Å². The van der Waals surface area contributed by atoms with Crippen molar-refractivity contribution in [3.63, 3.8) is 0 Å². The fourth-order valence-corrected chi connectivity index (χ4v) is 3.94. The molecule has 1 aliphatic heterocycles. The molecule has 0 radical (unpaired) electrons. The molecule has 2 aromatic heterocycles. The quantitative estimate of drug-likeness (QED) is 0.754. The molecule has 1 aliphatic rings. The normalized spacial score (nSPS) is 17.8. The molecule has 1 amide bonds. The summed E-state index contributed by atoms with van der Waals surface area (Å²) >= 11 is 1.37. The van der Waals surface area contributed by atoms with Crippen molar-refractivity contribution in [3.8, 4) is 0 Å². The highest BCUT2D eigenvalue weighted by molar-refractivity contribution is 7.17. The van der Waals surface area contributed by atoms with Crippen LogP contribution in [0.4, 0.5) is 0 Å². The molecule has 0 spiro atoms. The van der Waals surface area contributed by atoms with Crippen LogP contribution >= 0.6 is 11.3 Å². The van der Waals surface area contributed by atoms with Gasteiger partial charge in [0.25, 0.3) is 5.56 Å². The van der Waals surface area contributed by atoms with Crippen LogP contribution in [0.3, 0.4) is 0 Å². The van der Waals surface area contributed by atoms with Gasteiger partial charge >= 0.3 is 0 Å². The van der Waals surface area contributed by atoms with Gasteiger partial charge in [-0.15, -0.1) is 11.3 Å². The summed E-state index contributed by atoms with van der Waals surface area (Å²) in [5.41, 5.74) is 8.47.